The summed E-state index contributed by atoms with van der Waals surface area (Å²) in [6.45, 7) is 2.30. The second-order valence-corrected chi connectivity index (χ2v) is 5.33. The van der Waals surface area contributed by atoms with Gasteiger partial charge in [0.05, 0.1) is 13.2 Å². The molecule has 0 aliphatic rings. The molecule has 0 aliphatic heterocycles. The second kappa shape index (κ2) is 8.70. The van der Waals surface area contributed by atoms with Gasteiger partial charge in [-0.2, -0.15) is 0 Å². The predicted octanol–water partition coefficient (Wildman–Crippen LogP) is 1.93. The zero-order chi connectivity index (χ0) is 16.7. The van der Waals surface area contributed by atoms with E-state index in [1.807, 2.05) is 0 Å². The highest BCUT2D eigenvalue weighted by molar-refractivity contribution is 6.31. The third-order valence-corrected chi connectivity index (χ3v) is 3.56. The lowest BCUT2D eigenvalue weighted by Gasteiger charge is -2.25. The normalized spacial score (nSPS) is 10.4. The van der Waals surface area contributed by atoms with Crippen molar-refractivity contribution in [3.05, 3.63) is 34.6 Å². The molecule has 1 aromatic carbocycles. The van der Waals surface area contributed by atoms with Crippen molar-refractivity contribution in [1.82, 2.24) is 9.80 Å². The lowest BCUT2D eigenvalue weighted by atomic mass is 10.2. The molecule has 7 heteroatoms. The molecule has 0 fully saturated rings. The Morgan fingerprint density at radius 1 is 1.36 bits per heavy atom. The van der Waals surface area contributed by atoms with E-state index in [-0.39, 0.29) is 29.9 Å². The molecule has 0 saturated carbocycles. The molecule has 1 rings (SSSR count). The molecule has 0 aromatic heterocycles. The van der Waals surface area contributed by atoms with Crippen molar-refractivity contribution < 1.29 is 18.7 Å². The van der Waals surface area contributed by atoms with Gasteiger partial charge in [0.1, 0.15) is 5.82 Å². The molecular weight excluding hydrogens is 311 g/mol. The Kier molecular flexibility index (Phi) is 7.27. The summed E-state index contributed by atoms with van der Waals surface area (Å²) in [5, 5.41) is 0.259. The van der Waals surface area contributed by atoms with Crippen molar-refractivity contribution in [3.63, 3.8) is 0 Å². The predicted molar refractivity (Wildman–Crippen MR) is 82.0 cm³/mol. The molecule has 0 spiro atoms. The molecule has 0 unspecified atom stereocenters. The molecule has 0 saturated heterocycles. The zero-order valence-corrected chi connectivity index (χ0v) is 13.7. The van der Waals surface area contributed by atoms with E-state index in [4.69, 9.17) is 16.3 Å². The van der Waals surface area contributed by atoms with Crippen molar-refractivity contribution in [2.45, 2.75) is 13.5 Å². The van der Waals surface area contributed by atoms with Crippen LogP contribution in [-0.2, 0) is 20.9 Å². The first-order chi connectivity index (χ1) is 10.3. The zero-order valence-electron chi connectivity index (χ0n) is 12.9. The van der Waals surface area contributed by atoms with Gasteiger partial charge in [0.15, 0.2) is 0 Å². The van der Waals surface area contributed by atoms with E-state index >= 15 is 0 Å². The number of benzene rings is 1. The summed E-state index contributed by atoms with van der Waals surface area (Å²) in [5.41, 5.74) is 0.637. The van der Waals surface area contributed by atoms with Crippen LogP contribution < -0.4 is 0 Å². The van der Waals surface area contributed by atoms with Crippen molar-refractivity contribution in [3.8, 4) is 0 Å². The van der Waals surface area contributed by atoms with Crippen LogP contribution in [0.25, 0.3) is 0 Å². The van der Waals surface area contributed by atoms with Crippen LogP contribution in [0.5, 0.6) is 0 Å². The van der Waals surface area contributed by atoms with Gasteiger partial charge >= 0.3 is 0 Å². The number of nitrogens with zero attached hydrogens (tertiary/aromatic N) is 2. The number of likely N-dealkylation sites (N-methyl/N-ethyl adjacent to an activating group) is 1. The lowest BCUT2D eigenvalue weighted by Crippen LogP contribution is -2.41. The molecule has 1 aromatic rings. The minimum Gasteiger partial charge on any atom is -0.383 e. The average Bonchev–Trinajstić information content (AvgIpc) is 2.45. The van der Waals surface area contributed by atoms with Crippen LogP contribution in [0.4, 0.5) is 4.39 Å². The van der Waals surface area contributed by atoms with Crippen LogP contribution in [0.15, 0.2) is 18.2 Å². The first-order valence-corrected chi connectivity index (χ1v) is 7.15. The molecular formula is C15H20ClFN2O3. The van der Waals surface area contributed by atoms with E-state index in [9.17, 15) is 14.0 Å². The highest BCUT2D eigenvalue weighted by Crippen LogP contribution is 2.19. The number of methoxy groups -OCH3 is 1. The van der Waals surface area contributed by atoms with Gasteiger partial charge in [-0.15, -0.1) is 0 Å². The maximum atomic E-state index is 13.1. The number of amides is 2. The number of carbonyl (C=O) groups is 2. The van der Waals surface area contributed by atoms with Crippen LogP contribution in [0, 0.1) is 5.82 Å². The Hall–Kier alpha value is -1.66. The minimum atomic E-state index is -0.431. The van der Waals surface area contributed by atoms with Crippen LogP contribution in [0.3, 0.4) is 0 Å². The maximum absolute atomic E-state index is 13.1. The highest BCUT2D eigenvalue weighted by atomic mass is 35.5. The third kappa shape index (κ3) is 5.61. The van der Waals surface area contributed by atoms with Crippen LogP contribution in [0.2, 0.25) is 5.02 Å². The molecule has 2 amide bonds. The van der Waals surface area contributed by atoms with Gasteiger partial charge < -0.3 is 14.5 Å². The van der Waals surface area contributed by atoms with Crippen molar-refractivity contribution >= 4 is 23.4 Å². The van der Waals surface area contributed by atoms with Gasteiger partial charge in [0.2, 0.25) is 11.8 Å². The van der Waals surface area contributed by atoms with Gasteiger partial charge in [-0.25, -0.2) is 4.39 Å². The Balaban J connectivity index is 2.83. The summed E-state index contributed by atoms with van der Waals surface area (Å²) in [6.07, 6.45) is 0. The first kappa shape index (κ1) is 18.4. The van der Waals surface area contributed by atoms with Crippen molar-refractivity contribution in [2.75, 3.05) is 33.9 Å². The molecule has 0 N–H and O–H groups in total. The lowest BCUT2D eigenvalue weighted by molar-refractivity contribution is -0.139. The minimum absolute atomic E-state index is 0.0299. The fourth-order valence-electron chi connectivity index (χ4n) is 1.76. The van der Waals surface area contributed by atoms with E-state index < -0.39 is 5.82 Å². The fraction of sp³-hybridized carbons (Fsp3) is 0.467. The number of ether oxygens (including phenoxy) is 1. The summed E-state index contributed by atoms with van der Waals surface area (Å²) in [4.78, 5) is 26.4. The van der Waals surface area contributed by atoms with Gasteiger partial charge in [-0.05, 0) is 17.7 Å². The Labute approximate surface area is 134 Å². The smallest absolute Gasteiger partial charge is 0.242 e. The molecule has 0 aliphatic carbocycles. The summed E-state index contributed by atoms with van der Waals surface area (Å²) >= 11 is 5.99. The SMILES string of the molecule is COCCN(Cc1ccc(F)cc1Cl)C(=O)CN(C)C(C)=O. The topological polar surface area (TPSA) is 49.9 Å². The van der Waals surface area contributed by atoms with Gasteiger partial charge in [-0.3, -0.25) is 9.59 Å². The van der Waals surface area contributed by atoms with Gasteiger partial charge in [-0.1, -0.05) is 17.7 Å². The second-order valence-electron chi connectivity index (χ2n) is 4.92. The molecule has 0 bridgehead atoms. The Bertz CT molecular complexity index is 540. The molecule has 122 valence electrons. The van der Waals surface area contributed by atoms with E-state index in [0.29, 0.717) is 18.7 Å². The number of rotatable bonds is 7. The highest BCUT2D eigenvalue weighted by Gasteiger charge is 2.18. The van der Waals surface area contributed by atoms with Gasteiger partial charge in [0, 0.05) is 39.2 Å². The molecule has 0 radical (unpaired) electrons. The van der Waals surface area contributed by atoms with E-state index in [0.717, 1.165) is 0 Å². The maximum Gasteiger partial charge on any atom is 0.242 e. The van der Waals surface area contributed by atoms with E-state index in [1.165, 1.54) is 36.0 Å². The van der Waals surface area contributed by atoms with Crippen molar-refractivity contribution in [2.24, 2.45) is 0 Å². The van der Waals surface area contributed by atoms with Crippen LogP contribution in [0.1, 0.15) is 12.5 Å². The fourth-order valence-corrected chi connectivity index (χ4v) is 1.99. The summed E-state index contributed by atoms with van der Waals surface area (Å²) in [6, 6.07) is 4.04. The number of hydrogen-bond donors (Lipinski definition) is 0. The molecule has 5 nitrogen and oxygen atoms in total. The number of halogens is 2. The van der Waals surface area contributed by atoms with Crippen LogP contribution >= 0.6 is 11.6 Å². The summed E-state index contributed by atoms with van der Waals surface area (Å²) < 4.78 is 18.1. The summed E-state index contributed by atoms with van der Waals surface area (Å²) in [7, 11) is 3.09. The van der Waals surface area contributed by atoms with E-state index in [1.54, 1.807) is 13.1 Å². The first-order valence-electron chi connectivity index (χ1n) is 6.77. The molecule has 22 heavy (non-hydrogen) atoms. The largest absolute Gasteiger partial charge is 0.383 e. The number of carbonyl (C=O) groups excluding carboxylic acids is 2. The average molecular weight is 331 g/mol. The monoisotopic (exact) mass is 330 g/mol. The van der Waals surface area contributed by atoms with Gasteiger partial charge in [0.25, 0.3) is 0 Å². The third-order valence-electron chi connectivity index (χ3n) is 3.20. The molecule has 0 heterocycles. The number of hydrogen-bond acceptors (Lipinski definition) is 3. The van der Waals surface area contributed by atoms with E-state index in [2.05, 4.69) is 0 Å². The van der Waals surface area contributed by atoms with Crippen LogP contribution in [-0.4, -0.2) is 55.5 Å². The van der Waals surface area contributed by atoms with Crippen molar-refractivity contribution in [1.29, 1.82) is 0 Å². The summed E-state index contributed by atoms with van der Waals surface area (Å²) in [5.74, 6) is -0.852. The quantitative estimate of drug-likeness (QED) is 0.767. The molecule has 0 atom stereocenters. The standard InChI is InChI=1S/C15H20ClFN2O3/c1-11(20)18(2)10-15(21)19(6-7-22-3)9-12-4-5-13(17)8-14(12)16/h4-5,8H,6-7,9-10H2,1-3H3. The Morgan fingerprint density at radius 3 is 2.59 bits per heavy atom. The Morgan fingerprint density at radius 2 is 2.05 bits per heavy atom.